The van der Waals surface area contributed by atoms with Gasteiger partial charge in [-0.1, -0.05) is 13.3 Å². The molecule has 0 unspecified atom stereocenters. The van der Waals surface area contributed by atoms with Gasteiger partial charge in [-0.2, -0.15) is 0 Å². The molecule has 2 aromatic heterocycles. The molecule has 5 nitrogen and oxygen atoms in total. The molecule has 0 fully saturated rings. The number of pyridine rings is 1. The van der Waals surface area contributed by atoms with Gasteiger partial charge in [0.2, 0.25) is 10.0 Å². The summed E-state index contributed by atoms with van der Waals surface area (Å²) in [6.07, 6.45) is 5.67. The second-order valence-electron chi connectivity index (χ2n) is 4.70. The van der Waals surface area contributed by atoms with Gasteiger partial charge in [-0.05, 0) is 18.6 Å². The maximum atomic E-state index is 11.7. The summed E-state index contributed by atoms with van der Waals surface area (Å²) in [7, 11) is -3.14. The van der Waals surface area contributed by atoms with E-state index in [1.165, 1.54) is 0 Å². The van der Waals surface area contributed by atoms with Crippen molar-refractivity contribution in [3.8, 4) is 10.6 Å². The van der Waals surface area contributed by atoms with Gasteiger partial charge in [0, 0.05) is 36.3 Å². The summed E-state index contributed by atoms with van der Waals surface area (Å²) in [6.45, 7) is 2.37. The fraction of sp³-hybridized carbons (Fsp3) is 0.429. The lowest BCUT2D eigenvalue weighted by molar-refractivity contribution is 0.578. The highest BCUT2D eigenvalue weighted by Gasteiger charge is 2.09. The Hall–Kier alpha value is -1.31. The van der Waals surface area contributed by atoms with E-state index in [0.717, 1.165) is 22.7 Å². The zero-order chi connectivity index (χ0) is 15.1. The largest absolute Gasteiger partial charge is 0.264 e. The van der Waals surface area contributed by atoms with Crippen LogP contribution in [0.5, 0.6) is 0 Å². The van der Waals surface area contributed by atoms with Crippen LogP contribution in [-0.4, -0.2) is 30.7 Å². The van der Waals surface area contributed by atoms with E-state index >= 15 is 0 Å². The summed E-state index contributed by atoms with van der Waals surface area (Å²) in [6, 6.07) is 3.83. The number of hydrogen-bond donors (Lipinski definition) is 1. The minimum Gasteiger partial charge on any atom is -0.264 e. The molecule has 2 rings (SSSR count). The van der Waals surface area contributed by atoms with E-state index in [1.54, 1.807) is 23.7 Å². The molecule has 0 aliphatic rings. The number of hydrogen-bond acceptors (Lipinski definition) is 5. The van der Waals surface area contributed by atoms with Crippen LogP contribution in [-0.2, 0) is 16.4 Å². The van der Waals surface area contributed by atoms with E-state index in [-0.39, 0.29) is 5.75 Å². The molecule has 0 amide bonds. The van der Waals surface area contributed by atoms with Gasteiger partial charge in [-0.15, -0.1) is 11.3 Å². The summed E-state index contributed by atoms with van der Waals surface area (Å²) in [5, 5.41) is 2.87. The third kappa shape index (κ3) is 5.18. The highest BCUT2D eigenvalue weighted by molar-refractivity contribution is 7.89. The van der Waals surface area contributed by atoms with Crippen LogP contribution < -0.4 is 4.72 Å². The molecule has 0 atom stereocenters. The Labute approximate surface area is 129 Å². The van der Waals surface area contributed by atoms with Crippen LogP contribution in [0.15, 0.2) is 29.9 Å². The average molecular weight is 325 g/mol. The van der Waals surface area contributed by atoms with Gasteiger partial charge < -0.3 is 0 Å². The highest BCUT2D eigenvalue weighted by atomic mass is 32.2. The van der Waals surface area contributed by atoms with Crippen LogP contribution in [0.4, 0.5) is 0 Å². The summed E-state index contributed by atoms with van der Waals surface area (Å²) >= 11 is 1.55. The quantitative estimate of drug-likeness (QED) is 0.809. The van der Waals surface area contributed by atoms with Crippen LogP contribution in [0.25, 0.3) is 10.6 Å². The zero-order valence-electron chi connectivity index (χ0n) is 11.9. The first-order valence-electron chi connectivity index (χ1n) is 6.93. The molecule has 0 aliphatic heterocycles. The van der Waals surface area contributed by atoms with E-state index in [9.17, 15) is 8.42 Å². The van der Waals surface area contributed by atoms with Crippen LogP contribution in [0, 0.1) is 0 Å². The molecule has 2 aromatic rings. The maximum Gasteiger partial charge on any atom is 0.211 e. The normalized spacial score (nSPS) is 11.7. The van der Waals surface area contributed by atoms with E-state index < -0.39 is 10.0 Å². The monoisotopic (exact) mass is 325 g/mol. The number of nitrogens with one attached hydrogen (secondary N) is 1. The number of sulfonamides is 1. The first kappa shape index (κ1) is 16.1. The van der Waals surface area contributed by atoms with Crippen molar-refractivity contribution in [2.45, 2.75) is 26.2 Å². The lowest BCUT2D eigenvalue weighted by atomic mass is 10.3. The average Bonchev–Trinajstić information content (AvgIpc) is 2.95. The fourth-order valence-electron chi connectivity index (χ4n) is 1.78. The Morgan fingerprint density at radius 1 is 1.38 bits per heavy atom. The number of thiazole rings is 1. The van der Waals surface area contributed by atoms with Crippen LogP contribution in [0.1, 0.15) is 25.5 Å². The fourth-order valence-corrected chi connectivity index (χ4v) is 3.86. The molecular weight excluding hydrogens is 306 g/mol. The molecule has 0 radical (unpaired) electrons. The summed E-state index contributed by atoms with van der Waals surface area (Å²) < 4.78 is 26.0. The van der Waals surface area contributed by atoms with Gasteiger partial charge in [0.05, 0.1) is 11.4 Å². The summed E-state index contributed by atoms with van der Waals surface area (Å²) in [5.41, 5.74) is 1.88. The van der Waals surface area contributed by atoms with Crippen molar-refractivity contribution in [1.82, 2.24) is 14.7 Å². The first-order valence-corrected chi connectivity index (χ1v) is 9.46. The zero-order valence-corrected chi connectivity index (χ0v) is 13.6. The molecule has 21 heavy (non-hydrogen) atoms. The SMILES string of the molecule is CCCCS(=O)(=O)NCCc1csc(-c2cccnc2)n1. The van der Waals surface area contributed by atoms with Crippen molar-refractivity contribution in [2.24, 2.45) is 0 Å². The summed E-state index contributed by atoms with van der Waals surface area (Å²) in [5.74, 6) is 0.196. The molecule has 0 saturated heterocycles. The van der Waals surface area contributed by atoms with Crippen LogP contribution in [0.2, 0.25) is 0 Å². The van der Waals surface area contributed by atoms with Crippen LogP contribution >= 0.6 is 11.3 Å². The first-order chi connectivity index (χ1) is 10.1. The van der Waals surface area contributed by atoms with Crippen molar-refractivity contribution < 1.29 is 8.42 Å². The second-order valence-corrected chi connectivity index (χ2v) is 7.49. The van der Waals surface area contributed by atoms with Crippen molar-refractivity contribution in [2.75, 3.05) is 12.3 Å². The number of unbranched alkanes of at least 4 members (excludes halogenated alkanes) is 1. The Kier molecular flexibility index (Phi) is 5.84. The van der Waals surface area contributed by atoms with Gasteiger partial charge >= 0.3 is 0 Å². The molecular formula is C14H19N3O2S2. The van der Waals surface area contributed by atoms with E-state index in [1.807, 2.05) is 24.4 Å². The number of nitrogens with zero attached hydrogens (tertiary/aromatic N) is 2. The van der Waals surface area contributed by atoms with Crippen molar-refractivity contribution in [3.05, 3.63) is 35.6 Å². The van der Waals surface area contributed by atoms with E-state index in [2.05, 4.69) is 14.7 Å². The molecule has 1 N–H and O–H groups in total. The van der Waals surface area contributed by atoms with E-state index in [4.69, 9.17) is 0 Å². The standard InChI is InChI=1S/C14H19N3O2S2/c1-2-3-9-21(18,19)16-8-6-13-11-20-14(17-13)12-5-4-7-15-10-12/h4-5,7,10-11,16H,2-3,6,8-9H2,1H3. The molecule has 0 aliphatic carbocycles. The highest BCUT2D eigenvalue weighted by Crippen LogP contribution is 2.22. The van der Waals surface area contributed by atoms with Gasteiger partial charge in [0.15, 0.2) is 0 Å². The molecule has 0 spiro atoms. The predicted molar refractivity (Wildman–Crippen MR) is 85.7 cm³/mol. The summed E-state index contributed by atoms with van der Waals surface area (Å²) in [4.78, 5) is 8.57. The molecule has 0 bridgehead atoms. The van der Waals surface area contributed by atoms with Gasteiger partial charge in [0.25, 0.3) is 0 Å². The van der Waals surface area contributed by atoms with Crippen molar-refractivity contribution in [1.29, 1.82) is 0 Å². The predicted octanol–water partition coefficient (Wildman–Crippen LogP) is 2.47. The minimum atomic E-state index is -3.14. The van der Waals surface area contributed by atoms with Gasteiger partial charge in [0.1, 0.15) is 5.01 Å². The second kappa shape index (κ2) is 7.63. The molecule has 0 aromatic carbocycles. The van der Waals surface area contributed by atoms with E-state index in [0.29, 0.717) is 19.4 Å². The lowest BCUT2D eigenvalue weighted by Gasteiger charge is -2.04. The number of aromatic nitrogens is 2. The maximum absolute atomic E-state index is 11.7. The molecule has 114 valence electrons. The Morgan fingerprint density at radius 2 is 2.24 bits per heavy atom. The van der Waals surface area contributed by atoms with Crippen LogP contribution in [0.3, 0.4) is 0 Å². The number of rotatable bonds is 8. The Bertz CT molecular complexity index is 654. The topological polar surface area (TPSA) is 72.0 Å². The minimum absolute atomic E-state index is 0.196. The molecule has 0 saturated carbocycles. The lowest BCUT2D eigenvalue weighted by Crippen LogP contribution is -2.28. The third-order valence-corrected chi connectivity index (χ3v) is 5.34. The van der Waals surface area contributed by atoms with Gasteiger partial charge in [-0.25, -0.2) is 18.1 Å². The molecule has 2 heterocycles. The molecule has 7 heteroatoms. The smallest absolute Gasteiger partial charge is 0.211 e. The third-order valence-electron chi connectivity index (χ3n) is 2.93. The van der Waals surface area contributed by atoms with Gasteiger partial charge in [-0.3, -0.25) is 4.98 Å². The Balaban J connectivity index is 1.86. The Morgan fingerprint density at radius 3 is 2.95 bits per heavy atom. The van der Waals surface area contributed by atoms with Crippen molar-refractivity contribution >= 4 is 21.4 Å². The van der Waals surface area contributed by atoms with Crippen molar-refractivity contribution in [3.63, 3.8) is 0 Å².